The molecule has 0 aliphatic carbocycles. The maximum absolute atomic E-state index is 11.9. The zero-order valence-corrected chi connectivity index (χ0v) is 13.4. The number of aromatic nitrogens is 3. The minimum absolute atomic E-state index is 0.158. The van der Waals surface area contributed by atoms with Crippen molar-refractivity contribution in [3.05, 3.63) is 55.7 Å². The molecule has 6 nitrogen and oxygen atoms in total. The van der Waals surface area contributed by atoms with Crippen molar-refractivity contribution in [2.24, 2.45) is 0 Å². The Bertz CT molecular complexity index is 787. The molecule has 0 saturated carbocycles. The highest BCUT2D eigenvalue weighted by Gasteiger charge is 2.11. The van der Waals surface area contributed by atoms with Crippen LogP contribution in [0.15, 0.2) is 29.1 Å². The minimum Gasteiger partial charge on any atom is -0.350 e. The lowest BCUT2D eigenvalue weighted by Crippen LogP contribution is -2.28. The molecule has 8 heteroatoms. The van der Waals surface area contributed by atoms with E-state index in [4.69, 9.17) is 23.8 Å². The van der Waals surface area contributed by atoms with Crippen LogP contribution in [0.5, 0.6) is 0 Å². The second kappa shape index (κ2) is 7.33. The number of halogens is 1. The maximum atomic E-state index is 11.9. The molecule has 116 valence electrons. The first-order chi connectivity index (χ1) is 10.5. The SMILES string of the molecule is C[C@@H](NC(=O)CCc1n[nH]c(=S)[nH]c1=O)c1cccc(Cl)c1. The number of amides is 1. The van der Waals surface area contributed by atoms with Crippen molar-refractivity contribution in [2.45, 2.75) is 25.8 Å². The Kier molecular flexibility index (Phi) is 5.46. The van der Waals surface area contributed by atoms with Crippen LogP contribution in [0.4, 0.5) is 0 Å². The van der Waals surface area contributed by atoms with E-state index in [-0.39, 0.29) is 40.8 Å². The van der Waals surface area contributed by atoms with Crippen LogP contribution in [0.1, 0.15) is 30.6 Å². The third kappa shape index (κ3) is 4.51. The Morgan fingerprint density at radius 2 is 2.27 bits per heavy atom. The molecule has 2 rings (SSSR count). The Labute approximate surface area is 136 Å². The first kappa shape index (κ1) is 16.4. The molecule has 22 heavy (non-hydrogen) atoms. The van der Waals surface area contributed by atoms with Gasteiger partial charge < -0.3 is 5.32 Å². The number of aromatic amines is 2. The van der Waals surface area contributed by atoms with Crippen molar-refractivity contribution in [1.29, 1.82) is 0 Å². The zero-order valence-electron chi connectivity index (χ0n) is 11.9. The molecule has 1 aromatic carbocycles. The van der Waals surface area contributed by atoms with Gasteiger partial charge in [-0.3, -0.25) is 19.7 Å². The van der Waals surface area contributed by atoms with Gasteiger partial charge in [0, 0.05) is 17.9 Å². The lowest BCUT2D eigenvalue weighted by atomic mass is 10.1. The van der Waals surface area contributed by atoms with Crippen LogP contribution in [0.25, 0.3) is 0 Å². The van der Waals surface area contributed by atoms with Gasteiger partial charge in [-0.2, -0.15) is 5.10 Å². The lowest BCUT2D eigenvalue weighted by molar-refractivity contribution is -0.121. The monoisotopic (exact) mass is 338 g/mol. The summed E-state index contributed by atoms with van der Waals surface area (Å²) in [4.78, 5) is 26.0. The number of carbonyl (C=O) groups excluding carboxylic acids is 1. The molecule has 3 N–H and O–H groups in total. The second-order valence-electron chi connectivity index (χ2n) is 4.80. The van der Waals surface area contributed by atoms with E-state index in [0.29, 0.717) is 5.02 Å². The van der Waals surface area contributed by atoms with E-state index >= 15 is 0 Å². The van der Waals surface area contributed by atoms with Gasteiger partial charge in [0.1, 0.15) is 5.69 Å². The number of H-pyrrole nitrogens is 2. The highest BCUT2D eigenvalue weighted by molar-refractivity contribution is 7.71. The van der Waals surface area contributed by atoms with Crippen molar-refractivity contribution >= 4 is 29.7 Å². The number of carbonyl (C=O) groups is 1. The first-order valence-corrected chi connectivity index (χ1v) is 7.47. The fourth-order valence-corrected chi connectivity index (χ4v) is 2.28. The number of aryl methyl sites for hydroxylation is 1. The van der Waals surface area contributed by atoms with E-state index in [1.807, 2.05) is 19.1 Å². The fraction of sp³-hybridized carbons (Fsp3) is 0.286. The van der Waals surface area contributed by atoms with Gasteiger partial charge in [-0.15, -0.1) is 0 Å². The molecule has 1 heterocycles. The van der Waals surface area contributed by atoms with E-state index < -0.39 is 0 Å². The van der Waals surface area contributed by atoms with Crippen molar-refractivity contribution in [3.63, 3.8) is 0 Å². The average molecular weight is 339 g/mol. The Balaban J connectivity index is 1.93. The number of benzene rings is 1. The molecule has 0 unspecified atom stereocenters. The topological polar surface area (TPSA) is 90.6 Å². The van der Waals surface area contributed by atoms with Crippen LogP contribution in [0.3, 0.4) is 0 Å². The van der Waals surface area contributed by atoms with Crippen molar-refractivity contribution in [2.75, 3.05) is 0 Å². The van der Waals surface area contributed by atoms with Crippen LogP contribution in [0, 0.1) is 4.77 Å². The number of nitrogens with one attached hydrogen (secondary N) is 3. The Hall–Kier alpha value is -1.99. The van der Waals surface area contributed by atoms with Crippen molar-refractivity contribution in [3.8, 4) is 0 Å². The Morgan fingerprint density at radius 1 is 1.50 bits per heavy atom. The molecule has 1 aromatic heterocycles. The molecular formula is C14H15ClN4O2S. The first-order valence-electron chi connectivity index (χ1n) is 6.68. The molecule has 1 amide bonds. The van der Waals surface area contributed by atoms with Gasteiger partial charge in [-0.05, 0) is 36.8 Å². The number of rotatable bonds is 5. The predicted octanol–water partition coefficient (Wildman–Crippen LogP) is 2.29. The third-order valence-electron chi connectivity index (χ3n) is 3.10. The van der Waals surface area contributed by atoms with Gasteiger partial charge >= 0.3 is 0 Å². The van der Waals surface area contributed by atoms with E-state index in [1.54, 1.807) is 12.1 Å². The van der Waals surface area contributed by atoms with Crippen molar-refractivity contribution < 1.29 is 4.79 Å². The maximum Gasteiger partial charge on any atom is 0.273 e. The lowest BCUT2D eigenvalue weighted by Gasteiger charge is -2.14. The van der Waals surface area contributed by atoms with Gasteiger partial charge in [0.15, 0.2) is 4.77 Å². The second-order valence-corrected chi connectivity index (χ2v) is 5.64. The summed E-state index contributed by atoms with van der Waals surface area (Å²) in [6, 6.07) is 7.13. The van der Waals surface area contributed by atoms with Crippen molar-refractivity contribution in [1.82, 2.24) is 20.5 Å². The predicted molar refractivity (Wildman–Crippen MR) is 86.4 cm³/mol. The van der Waals surface area contributed by atoms with Gasteiger partial charge in [0.25, 0.3) is 5.56 Å². The molecular weight excluding hydrogens is 324 g/mol. The summed E-state index contributed by atoms with van der Waals surface area (Å²) in [5, 5.41) is 9.80. The van der Waals surface area contributed by atoms with Crippen LogP contribution in [-0.4, -0.2) is 21.1 Å². The highest BCUT2D eigenvalue weighted by Crippen LogP contribution is 2.17. The summed E-state index contributed by atoms with van der Waals surface area (Å²) in [6.45, 7) is 1.87. The van der Waals surface area contributed by atoms with Crippen LogP contribution in [0.2, 0.25) is 5.02 Å². The average Bonchev–Trinajstić information content (AvgIpc) is 2.46. The van der Waals surface area contributed by atoms with E-state index in [1.165, 1.54) is 0 Å². The minimum atomic E-state index is -0.376. The smallest absolute Gasteiger partial charge is 0.273 e. The summed E-state index contributed by atoms with van der Waals surface area (Å²) in [5.41, 5.74) is 0.791. The third-order valence-corrected chi connectivity index (χ3v) is 3.53. The summed E-state index contributed by atoms with van der Waals surface area (Å²) in [6.07, 6.45) is 0.390. The van der Waals surface area contributed by atoms with E-state index in [2.05, 4.69) is 20.5 Å². The number of nitrogens with zero attached hydrogens (tertiary/aromatic N) is 1. The molecule has 0 radical (unpaired) electrons. The van der Waals surface area contributed by atoms with Gasteiger partial charge in [-0.1, -0.05) is 23.7 Å². The summed E-state index contributed by atoms with van der Waals surface area (Å²) in [7, 11) is 0. The largest absolute Gasteiger partial charge is 0.350 e. The molecule has 1 atom stereocenters. The molecule has 0 fully saturated rings. The number of hydrogen-bond acceptors (Lipinski definition) is 4. The quantitative estimate of drug-likeness (QED) is 0.729. The van der Waals surface area contributed by atoms with Crippen LogP contribution >= 0.6 is 23.8 Å². The van der Waals surface area contributed by atoms with E-state index in [9.17, 15) is 9.59 Å². The Morgan fingerprint density at radius 3 is 2.95 bits per heavy atom. The summed E-state index contributed by atoms with van der Waals surface area (Å²) in [5.74, 6) is -0.170. The standard InChI is InChI=1S/C14H15ClN4O2S/c1-8(9-3-2-4-10(15)7-9)16-12(20)6-5-11-13(21)17-14(22)19-18-11/h2-4,7-8H,5-6H2,1H3,(H,16,20)(H2,17,19,21,22)/t8-/m1/s1. The highest BCUT2D eigenvalue weighted by atomic mass is 35.5. The summed E-state index contributed by atoms with van der Waals surface area (Å²) < 4.78 is 0.160. The molecule has 0 bridgehead atoms. The van der Waals surface area contributed by atoms with Gasteiger partial charge in [0.05, 0.1) is 6.04 Å². The van der Waals surface area contributed by atoms with Gasteiger partial charge in [0.2, 0.25) is 5.91 Å². The molecule has 0 aliphatic rings. The molecule has 0 saturated heterocycles. The fourth-order valence-electron chi connectivity index (χ4n) is 1.95. The van der Waals surface area contributed by atoms with E-state index in [0.717, 1.165) is 5.56 Å². The molecule has 2 aromatic rings. The summed E-state index contributed by atoms with van der Waals surface area (Å²) >= 11 is 10.7. The van der Waals surface area contributed by atoms with Gasteiger partial charge in [-0.25, -0.2) is 0 Å². The number of hydrogen-bond donors (Lipinski definition) is 3. The normalized spacial score (nSPS) is 11.9. The molecule has 0 spiro atoms. The zero-order chi connectivity index (χ0) is 16.1. The molecule has 0 aliphatic heterocycles. The van der Waals surface area contributed by atoms with Crippen LogP contribution in [-0.2, 0) is 11.2 Å². The van der Waals surface area contributed by atoms with Crippen LogP contribution < -0.4 is 10.9 Å².